The summed E-state index contributed by atoms with van der Waals surface area (Å²) in [7, 11) is 1.60. The number of rotatable bonds is 4. The van der Waals surface area contributed by atoms with Gasteiger partial charge in [0.1, 0.15) is 5.75 Å². The molecule has 0 saturated heterocycles. The zero-order valence-electron chi connectivity index (χ0n) is 8.54. The van der Waals surface area contributed by atoms with Crippen molar-refractivity contribution in [3.63, 3.8) is 0 Å². The number of methoxy groups -OCH3 is 1. The van der Waals surface area contributed by atoms with Crippen LogP contribution in [0.1, 0.15) is 10.4 Å². The van der Waals surface area contributed by atoms with Crippen molar-refractivity contribution in [1.29, 1.82) is 0 Å². The summed E-state index contributed by atoms with van der Waals surface area (Å²) in [6.45, 7) is 0.0204. The summed E-state index contributed by atoms with van der Waals surface area (Å²) >= 11 is 4.89. The Morgan fingerprint density at radius 3 is 2.73 bits per heavy atom. The van der Waals surface area contributed by atoms with E-state index in [1.54, 1.807) is 19.2 Å². The fourth-order valence-corrected chi connectivity index (χ4v) is 2.57. The standard InChI is InChI=1S/C10H12BrNO2S/c1-14-10-7(11)3-6(8(13)5-12)4-9(10)15-2/h3-4H,5,12H2,1-2H3. The minimum atomic E-state index is -0.0753. The maximum atomic E-state index is 11.4. The Labute approximate surface area is 101 Å². The molecule has 1 aromatic carbocycles. The molecule has 1 aromatic rings. The lowest BCUT2D eigenvalue weighted by atomic mass is 10.1. The van der Waals surface area contributed by atoms with Gasteiger partial charge in [-0.05, 0) is 34.3 Å². The van der Waals surface area contributed by atoms with Gasteiger partial charge in [-0.25, -0.2) is 0 Å². The summed E-state index contributed by atoms with van der Waals surface area (Å²) in [6.07, 6.45) is 1.93. The molecule has 0 aliphatic heterocycles. The Balaban J connectivity index is 3.25. The molecular formula is C10H12BrNO2S. The van der Waals surface area contributed by atoms with Crippen molar-refractivity contribution >= 4 is 33.5 Å². The fraction of sp³-hybridized carbons (Fsp3) is 0.300. The van der Waals surface area contributed by atoms with Gasteiger partial charge in [0.15, 0.2) is 5.78 Å². The van der Waals surface area contributed by atoms with E-state index in [0.717, 1.165) is 15.1 Å². The summed E-state index contributed by atoms with van der Waals surface area (Å²) < 4.78 is 6.00. The number of ketones is 1. The van der Waals surface area contributed by atoms with Gasteiger partial charge in [-0.3, -0.25) is 4.79 Å². The molecule has 15 heavy (non-hydrogen) atoms. The van der Waals surface area contributed by atoms with Crippen LogP contribution in [0.2, 0.25) is 0 Å². The SMILES string of the molecule is COc1c(Br)cc(C(=O)CN)cc1SC. The maximum Gasteiger partial charge on any atom is 0.176 e. The lowest BCUT2D eigenvalue weighted by molar-refractivity contribution is 0.100. The van der Waals surface area contributed by atoms with Gasteiger partial charge >= 0.3 is 0 Å². The number of carbonyl (C=O) groups is 1. The van der Waals surface area contributed by atoms with E-state index in [9.17, 15) is 4.79 Å². The summed E-state index contributed by atoms with van der Waals surface area (Å²) in [5.74, 6) is 0.671. The van der Waals surface area contributed by atoms with Crippen molar-refractivity contribution < 1.29 is 9.53 Å². The van der Waals surface area contributed by atoms with Gasteiger partial charge in [-0.15, -0.1) is 11.8 Å². The van der Waals surface area contributed by atoms with Gasteiger partial charge in [0.25, 0.3) is 0 Å². The van der Waals surface area contributed by atoms with Gasteiger partial charge in [0, 0.05) is 5.56 Å². The number of ether oxygens (including phenoxy) is 1. The van der Waals surface area contributed by atoms with E-state index in [2.05, 4.69) is 15.9 Å². The van der Waals surface area contributed by atoms with Crippen molar-refractivity contribution in [2.45, 2.75) is 4.90 Å². The Morgan fingerprint density at radius 2 is 2.27 bits per heavy atom. The highest BCUT2D eigenvalue weighted by Crippen LogP contribution is 2.36. The summed E-state index contributed by atoms with van der Waals surface area (Å²) in [6, 6.07) is 3.52. The lowest BCUT2D eigenvalue weighted by Gasteiger charge is -2.10. The van der Waals surface area contributed by atoms with Crippen LogP contribution in [-0.2, 0) is 0 Å². The highest BCUT2D eigenvalue weighted by Gasteiger charge is 2.12. The minimum Gasteiger partial charge on any atom is -0.494 e. The Morgan fingerprint density at radius 1 is 1.60 bits per heavy atom. The van der Waals surface area contributed by atoms with Gasteiger partial charge in [0.2, 0.25) is 0 Å². The molecule has 0 radical (unpaired) electrons. The van der Waals surface area contributed by atoms with Crippen molar-refractivity contribution in [3.8, 4) is 5.75 Å². The van der Waals surface area contributed by atoms with E-state index in [4.69, 9.17) is 10.5 Å². The second-order valence-electron chi connectivity index (χ2n) is 2.82. The predicted octanol–water partition coefficient (Wildman–Crippen LogP) is 2.32. The number of hydrogen-bond acceptors (Lipinski definition) is 4. The zero-order valence-corrected chi connectivity index (χ0v) is 10.9. The van der Waals surface area contributed by atoms with Gasteiger partial charge in [-0.2, -0.15) is 0 Å². The average molecular weight is 290 g/mol. The summed E-state index contributed by atoms with van der Waals surface area (Å²) in [4.78, 5) is 12.4. The van der Waals surface area contributed by atoms with Crippen molar-refractivity contribution in [2.24, 2.45) is 5.73 Å². The first kappa shape index (κ1) is 12.5. The van der Waals surface area contributed by atoms with E-state index in [0.29, 0.717) is 5.56 Å². The number of nitrogens with two attached hydrogens (primary N) is 1. The van der Waals surface area contributed by atoms with Crippen LogP contribution < -0.4 is 10.5 Å². The lowest BCUT2D eigenvalue weighted by Crippen LogP contribution is -2.13. The molecule has 0 aromatic heterocycles. The van der Waals surface area contributed by atoms with E-state index in [1.807, 2.05) is 6.26 Å². The van der Waals surface area contributed by atoms with E-state index in [1.165, 1.54) is 11.8 Å². The predicted molar refractivity (Wildman–Crippen MR) is 65.9 cm³/mol. The number of halogens is 1. The summed E-state index contributed by atoms with van der Waals surface area (Å²) in [5.41, 5.74) is 5.92. The van der Waals surface area contributed by atoms with Gasteiger partial charge in [0.05, 0.1) is 23.0 Å². The third-order valence-corrected chi connectivity index (χ3v) is 3.27. The second kappa shape index (κ2) is 5.53. The number of hydrogen-bond donors (Lipinski definition) is 1. The van der Waals surface area contributed by atoms with Crippen LogP contribution in [-0.4, -0.2) is 25.7 Å². The van der Waals surface area contributed by atoms with Crippen molar-refractivity contribution in [2.75, 3.05) is 19.9 Å². The molecule has 0 aliphatic carbocycles. The first-order valence-corrected chi connectivity index (χ1v) is 6.30. The van der Waals surface area contributed by atoms with Crippen molar-refractivity contribution in [3.05, 3.63) is 22.2 Å². The third-order valence-electron chi connectivity index (χ3n) is 1.94. The molecule has 0 spiro atoms. The highest BCUT2D eigenvalue weighted by molar-refractivity contribution is 9.10. The molecule has 0 fully saturated rings. The molecule has 0 heterocycles. The van der Waals surface area contributed by atoms with Gasteiger partial charge in [-0.1, -0.05) is 0 Å². The van der Waals surface area contributed by atoms with Crippen LogP contribution in [0.5, 0.6) is 5.75 Å². The van der Waals surface area contributed by atoms with E-state index in [-0.39, 0.29) is 12.3 Å². The van der Waals surface area contributed by atoms with E-state index < -0.39 is 0 Å². The zero-order chi connectivity index (χ0) is 11.4. The van der Waals surface area contributed by atoms with E-state index >= 15 is 0 Å². The molecule has 0 atom stereocenters. The molecular weight excluding hydrogens is 278 g/mol. The molecule has 0 saturated carbocycles. The number of carbonyl (C=O) groups excluding carboxylic acids is 1. The Hall–Kier alpha value is -0.520. The van der Waals surface area contributed by atoms with Crippen LogP contribution in [0.15, 0.2) is 21.5 Å². The molecule has 5 heteroatoms. The molecule has 0 amide bonds. The van der Waals surface area contributed by atoms with Crippen LogP contribution in [0.4, 0.5) is 0 Å². The Bertz CT molecular complexity index is 382. The maximum absolute atomic E-state index is 11.4. The smallest absolute Gasteiger partial charge is 0.176 e. The first-order valence-electron chi connectivity index (χ1n) is 4.28. The topological polar surface area (TPSA) is 52.3 Å². The monoisotopic (exact) mass is 289 g/mol. The number of Topliss-reactive ketones (excluding diaryl/α,β-unsaturated/α-hetero) is 1. The largest absolute Gasteiger partial charge is 0.494 e. The highest BCUT2D eigenvalue weighted by atomic mass is 79.9. The fourth-order valence-electron chi connectivity index (χ4n) is 1.20. The minimum absolute atomic E-state index is 0.0204. The average Bonchev–Trinajstić information content (AvgIpc) is 2.26. The van der Waals surface area contributed by atoms with Crippen LogP contribution in [0.3, 0.4) is 0 Å². The number of benzene rings is 1. The summed E-state index contributed by atoms with van der Waals surface area (Å²) in [5, 5.41) is 0. The van der Waals surface area contributed by atoms with Gasteiger partial charge < -0.3 is 10.5 Å². The normalized spacial score (nSPS) is 10.1. The first-order chi connectivity index (χ1) is 7.13. The molecule has 0 aliphatic rings. The third kappa shape index (κ3) is 2.74. The molecule has 0 bridgehead atoms. The van der Waals surface area contributed by atoms with Crippen LogP contribution in [0, 0.1) is 0 Å². The molecule has 2 N–H and O–H groups in total. The van der Waals surface area contributed by atoms with Crippen molar-refractivity contribution in [1.82, 2.24) is 0 Å². The van der Waals surface area contributed by atoms with Crippen LogP contribution >= 0.6 is 27.7 Å². The van der Waals surface area contributed by atoms with Crippen LogP contribution in [0.25, 0.3) is 0 Å². The molecule has 0 unspecified atom stereocenters. The molecule has 82 valence electrons. The molecule has 3 nitrogen and oxygen atoms in total. The Kier molecular flexibility index (Phi) is 4.63. The molecule has 1 rings (SSSR count). The number of thioether (sulfide) groups is 1. The second-order valence-corrected chi connectivity index (χ2v) is 4.52. The quantitative estimate of drug-likeness (QED) is 0.683.